The molecule has 2 aliphatic rings. The van der Waals surface area contributed by atoms with Crippen LogP contribution in [0.1, 0.15) is 42.1 Å². The standard InChI is InChI=1S/C32H32ClN3O4/c1-4-40-29-22(9-7-11-26(29)39-3)24-18-36-27(37)19-35(17-16-20-12-14-21(33)15-13-20)31(38)32(36,2)30-28(24)23-8-5-6-10-25(23)34-30/h5-15,24,34H,4,16-19H2,1-3H3/t24-,32+/m1/s1. The van der Waals surface area contributed by atoms with Gasteiger partial charge in [0.25, 0.3) is 5.91 Å². The molecule has 2 amide bonds. The molecule has 0 spiro atoms. The predicted octanol–water partition coefficient (Wildman–Crippen LogP) is 5.50. The van der Waals surface area contributed by atoms with Crippen LogP contribution in [0, 0.1) is 0 Å². The summed E-state index contributed by atoms with van der Waals surface area (Å²) in [5.41, 5.74) is 3.53. The van der Waals surface area contributed by atoms with E-state index < -0.39 is 5.54 Å². The van der Waals surface area contributed by atoms with Crippen LogP contribution in [0.2, 0.25) is 5.02 Å². The summed E-state index contributed by atoms with van der Waals surface area (Å²) in [6, 6.07) is 21.5. The minimum atomic E-state index is -1.16. The molecule has 7 nitrogen and oxygen atoms in total. The zero-order valence-electron chi connectivity index (χ0n) is 22.9. The number of halogens is 1. The molecule has 1 fully saturated rings. The number of aromatic nitrogens is 1. The van der Waals surface area contributed by atoms with Gasteiger partial charge in [-0.2, -0.15) is 0 Å². The lowest BCUT2D eigenvalue weighted by Crippen LogP contribution is -2.67. The van der Waals surface area contributed by atoms with Crippen LogP contribution in [-0.2, 0) is 21.5 Å². The second-order valence-corrected chi connectivity index (χ2v) is 10.9. The molecule has 1 aromatic heterocycles. The number of rotatable bonds is 7. The molecule has 0 radical (unpaired) electrons. The van der Waals surface area contributed by atoms with Gasteiger partial charge >= 0.3 is 0 Å². The number of H-pyrrole nitrogens is 1. The predicted molar refractivity (Wildman–Crippen MR) is 155 cm³/mol. The number of carbonyl (C=O) groups excluding carboxylic acids is 2. The van der Waals surface area contributed by atoms with E-state index in [1.165, 1.54) is 0 Å². The smallest absolute Gasteiger partial charge is 0.254 e. The van der Waals surface area contributed by atoms with E-state index in [0.717, 1.165) is 33.3 Å². The molecular weight excluding hydrogens is 526 g/mol. The minimum Gasteiger partial charge on any atom is -0.493 e. The van der Waals surface area contributed by atoms with Crippen molar-refractivity contribution in [3.63, 3.8) is 0 Å². The molecule has 40 heavy (non-hydrogen) atoms. The number of piperazine rings is 1. The van der Waals surface area contributed by atoms with Crippen molar-refractivity contribution < 1.29 is 19.1 Å². The number of nitrogens with zero attached hydrogens (tertiary/aromatic N) is 2. The highest BCUT2D eigenvalue weighted by Crippen LogP contribution is 2.50. The highest BCUT2D eigenvalue weighted by atomic mass is 35.5. The van der Waals surface area contributed by atoms with Crippen LogP contribution in [0.3, 0.4) is 0 Å². The van der Waals surface area contributed by atoms with Gasteiger partial charge in [0.05, 0.1) is 26.0 Å². The van der Waals surface area contributed by atoms with E-state index in [9.17, 15) is 9.59 Å². The fraction of sp³-hybridized carbons (Fsp3) is 0.312. The van der Waals surface area contributed by atoms with Crippen LogP contribution >= 0.6 is 11.6 Å². The molecule has 8 heteroatoms. The first-order valence-corrected chi connectivity index (χ1v) is 14.0. The molecule has 6 rings (SSSR count). The molecule has 3 aromatic carbocycles. The maximum atomic E-state index is 14.3. The van der Waals surface area contributed by atoms with Crippen molar-refractivity contribution in [1.29, 1.82) is 0 Å². The molecule has 1 N–H and O–H groups in total. The van der Waals surface area contributed by atoms with Crippen LogP contribution in [0.4, 0.5) is 0 Å². The van der Waals surface area contributed by atoms with Gasteiger partial charge < -0.3 is 24.3 Å². The van der Waals surface area contributed by atoms with E-state index in [1.807, 2.05) is 74.5 Å². The Kier molecular flexibility index (Phi) is 6.70. The van der Waals surface area contributed by atoms with Crippen LogP contribution in [0.5, 0.6) is 11.5 Å². The number of aromatic amines is 1. The Hall–Kier alpha value is -3.97. The van der Waals surface area contributed by atoms with Crippen molar-refractivity contribution >= 4 is 34.3 Å². The van der Waals surface area contributed by atoms with E-state index in [4.69, 9.17) is 21.1 Å². The Balaban J connectivity index is 1.46. The van der Waals surface area contributed by atoms with Gasteiger partial charge in [0.15, 0.2) is 17.0 Å². The summed E-state index contributed by atoms with van der Waals surface area (Å²) in [5.74, 6) is 0.936. The van der Waals surface area contributed by atoms with Crippen LogP contribution < -0.4 is 9.47 Å². The Morgan fingerprint density at radius 2 is 1.82 bits per heavy atom. The maximum Gasteiger partial charge on any atom is 0.254 e. The fourth-order valence-electron chi connectivity index (χ4n) is 6.32. The van der Waals surface area contributed by atoms with Gasteiger partial charge in [0, 0.05) is 40.5 Å². The Morgan fingerprint density at radius 3 is 2.58 bits per heavy atom. The summed E-state index contributed by atoms with van der Waals surface area (Å²) in [7, 11) is 1.63. The molecule has 4 aromatic rings. The number of ether oxygens (including phenoxy) is 2. The highest BCUT2D eigenvalue weighted by molar-refractivity contribution is 6.30. The number of benzene rings is 3. The van der Waals surface area contributed by atoms with E-state index in [0.29, 0.717) is 42.6 Å². The Labute approximate surface area is 238 Å². The first-order chi connectivity index (χ1) is 19.4. The number of fused-ring (bicyclic) bond motifs is 5. The minimum absolute atomic E-state index is 0.0424. The summed E-state index contributed by atoms with van der Waals surface area (Å²) in [6.45, 7) is 5.13. The van der Waals surface area contributed by atoms with E-state index in [2.05, 4.69) is 11.1 Å². The number of para-hydroxylation sites is 2. The normalized spacial score (nSPS) is 20.4. The summed E-state index contributed by atoms with van der Waals surface area (Å²) in [4.78, 5) is 35.1. The number of hydrogen-bond donors (Lipinski definition) is 1. The lowest BCUT2D eigenvalue weighted by molar-refractivity contribution is -0.166. The van der Waals surface area contributed by atoms with E-state index in [1.54, 1.807) is 16.9 Å². The van der Waals surface area contributed by atoms with Gasteiger partial charge in [-0.05, 0) is 55.7 Å². The van der Waals surface area contributed by atoms with E-state index in [-0.39, 0.29) is 24.3 Å². The molecule has 1 saturated heterocycles. The Bertz CT molecular complexity index is 1600. The Morgan fingerprint density at radius 1 is 1.05 bits per heavy atom. The summed E-state index contributed by atoms with van der Waals surface area (Å²) >= 11 is 6.05. The first-order valence-electron chi connectivity index (χ1n) is 13.6. The average Bonchev–Trinajstić information content (AvgIpc) is 3.36. The second-order valence-electron chi connectivity index (χ2n) is 10.5. The number of nitrogens with one attached hydrogen (secondary N) is 1. The first kappa shape index (κ1) is 26.3. The van der Waals surface area contributed by atoms with Gasteiger partial charge in [-0.15, -0.1) is 0 Å². The van der Waals surface area contributed by atoms with Crippen LogP contribution in [0.15, 0.2) is 66.7 Å². The monoisotopic (exact) mass is 557 g/mol. The zero-order valence-corrected chi connectivity index (χ0v) is 23.6. The number of carbonyl (C=O) groups is 2. The van der Waals surface area contributed by atoms with Crippen molar-refractivity contribution in [3.05, 3.63) is 94.1 Å². The topological polar surface area (TPSA) is 74.9 Å². The van der Waals surface area contributed by atoms with Gasteiger partial charge in [-0.3, -0.25) is 9.59 Å². The third kappa shape index (κ3) is 4.11. The van der Waals surface area contributed by atoms with Crippen molar-refractivity contribution in [1.82, 2.24) is 14.8 Å². The highest BCUT2D eigenvalue weighted by Gasteiger charge is 2.56. The molecule has 2 aliphatic heterocycles. The number of hydrogen-bond acceptors (Lipinski definition) is 4. The number of amides is 2. The van der Waals surface area contributed by atoms with Gasteiger partial charge in [0.2, 0.25) is 5.91 Å². The molecule has 0 aliphatic carbocycles. The van der Waals surface area contributed by atoms with Gasteiger partial charge in [-0.25, -0.2) is 0 Å². The maximum absolute atomic E-state index is 14.3. The molecule has 206 valence electrons. The molecule has 0 bridgehead atoms. The lowest BCUT2D eigenvalue weighted by atomic mass is 9.76. The van der Waals surface area contributed by atoms with Crippen molar-refractivity contribution in [2.75, 3.05) is 33.4 Å². The molecular formula is C32H32ClN3O4. The largest absolute Gasteiger partial charge is 0.493 e. The van der Waals surface area contributed by atoms with Crippen molar-refractivity contribution in [2.24, 2.45) is 0 Å². The summed E-state index contributed by atoms with van der Waals surface area (Å²) in [5, 5.41) is 1.70. The lowest BCUT2D eigenvalue weighted by Gasteiger charge is -2.51. The number of methoxy groups -OCH3 is 1. The molecule has 0 saturated carbocycles. The quantitative estimate of drug-likeness (QED) is 0.325. The van der Waals surface area contributed by atoms with Crippen LogP contribution in [-0.4, -0.2) is 59.9 Å². The van der Waals surface area contributed by atoms with Crippen molar-refractivity contribution in [2.45, 2.75) is 31.7 Å². The molecule has 2 atom stereocenters. The summed E-state index contributed by atoms with van der Waals surface area (Å²) in [6.07, 6.45) is 0.635. The third-order valence-corrected chi connectivity index (χ3v) is 8.55. The average molecular weight is 558 g/mol. The summed E-state index contributed by atoms with van der Waals surface area (Å²) < 4.78 is 11.8. The SMILES string of the molecule is CCOc1c(OC)cccc1[C@H]1CN2C(=O)CN(CCc3ccc(Cl)cc3)C(=O)[C@]2(C)c2[nH]c3ccccc3c21. The zero-order chi connectivity index (χ0) is 28.0. The van der Waals surface area contributed by atoms with Gasteiger partial charge in [-0.1, -0.05) is 54.1 Å². The van der Waals surface area contributed by atoms with Crippen molar-refractivity contribution in [3.8, 4) is 11.5 Å². The molecule has 3 heterocycles. The third-order valence-electron chi connectivity index (χ3n) is 8.29. The van der Waals surface area contributed by atoms with Gasteiger partial charge in [0.1, 0.15) is 0 Å². The van der Waals surface area contributed by atoms with Crippen LogP contribution in [0.25, 0.3) is 10.9 Å². The fourth-order valence-corrected chi connectivity index (χ4v) is 6.45. The molecule has 0 unspecified atom stereocenters. The second kappa shape index (κ2) is 10.2. The van der Waals surface area contributed by atoms with E-state index >= 15 is 0 Å².